The van der Waals surface area contributed by atoms with Crippen molar-refractivity contribution in [3.05, 3.63) is 57.7 Å². The normalized spacial score (nSPS) is 11.2. The van der Waals surface area contributed by atoms with E-state index in [0.29, 0.717) is 12.4 Å². The van der Waals surface area contributed by atoms with Crippen molar-refractivity contribution in [3.8, 4) is 5.75 Å². The highest BCUT2D eigenvalue weighted by molar-refractivity contribution is 9.10. The molecule has 5 nitrogen and oxygen atoms in total. The zero-order valence-electron chi connectivity index (χ0n) is 16.0. The van der Waals surface area contributed by atoms with Gasteiger partial charge in [0.25, 0.3) is 0 Å². The van der Waals surface area contributed by atoms with Crippen LogP contribution in [0, 0.1) is 6.92 Å². The van der Waals surface area contributed by atoms with Crippen molar-refractivity contribution < 1.29 is 14.3 Å². The number of hydrogen-bond donors (Lipinski definition) is 0. The van der Waals surface area contributed by atoms with Gasteiger partial charge in [-0.2, -0.15) is 5.10 Å². The average molecular weight is 431 g/mol. The molecule has 0 amide bonds. The predicted octanol–water partition coefficient (Wildman–Crippen LogP) is 4.98. The minimum atomic E-state index is -0.288. The van der Waals surface area contributed by atoms with Crippen molar-refractivity contribution in [1.82, 2.24) is 9.78 Å². The second-order valence-electron chi connectivity index (χ2n) is 6.75. The summed E-state index contributed by atoms with van der Waals surface area (Å²) in [5, 5.41) is 5.82. The fourth-order valence-corrected chi connectivity index (χ4v) is 3.47. The fraction of sp³-hybridized carbons (Fsp3) is 0.333. The van der Waals surface area contributed by atoms with E-state index in [1.807, 2.05) is 35.9 Å². The molecule has 0 saturated heterocycles. The second-order valence-corrected chi connectivity index (χ2v) is 7.67. The minimum absolute atomic E-state index is 0.181. The number of carbonyl (C=O) groups is 1. The van der Waals surface area contributed by atoms with Gasteiger partial charge in [-0.1, -0.05) is 34.1 Å². The van der Waals surface area contributed by atoms with Crippen LogP contribution in [0.25, 0.3) is 10.9 Å². The van der Waals surface area contributed by atoms with Crippen LogP contribution in [0.15, 0.2) is 40.9 Å². The van der Waals surface area contributed by atoms with Crippen molar-refractivity contribution >= 4 is 32.8 Å². The van der Waals surface area contributed by atoms with Crippen molar-refractivity contribution in [1.29, 1.82) is 0 Å². The number of nitrogens with zero attached hydrogens (tertiary/aromatic N) is 2. The van der Waals surface area contributed by atoms with E-state index < -0.39 is 0 Å². The smallest absolute Gasteiger partial charge is 0.310 e. The standard InChI is InChI=1S/C21H23BrN2O3/c1-13(2)24-19-9-8-16(22)11-17(19)18(23-24)12-27-21-14(3)6-5-7-15(21)10-20(25)26-4/h5-9,11,13H,10,12H2,1-4H3. The summed E-state index contributed by atoms with van der Waals surface area (Å²) in [4.78, 5) is 11.7. The van der Waals surface area contributed by atoms with Crippen molar-refractivity contribution in [2.24, 2.45) is 0 Å². The molecule has 0 aliphatic carbocycles. The second kappa shape index (κ2) is 8.13. The first-order valence-electron chi connectivity index (χ1n) is 8.85. The highest BCUT2D eigenvalue weighted by Gasteiger charge is 2.16. The number of para-hydroxylation sites is 1. The molecule has 0 saturated carbocycles. The molecule has 0 atom stereocenters. The van der Waals surface area contributed by atoms with E-state index in [9.17, 15) is 4.79 Å². The topological polar surface area (TPSA) is 53.4 Å². The summed E-state index contributed by atoms with van der Waals surface area (Å²) < 4.78 is 13.9. The highest BCUT2D eigenvalue weighted by atomic mass is 79.9. The molecule has 2 aromatic carbocycles. The molecule has 6 heteroatoms. The summed E-state index contributed by atoms with van der Waals surface area (Å²) in [7, 11) is 1.39. The van der Waals surface area contributed by atoms with Crippen molar-refractivity contribution in [3.63, 3.8) is 0 Å². The van der Waals surface area contributed by atoms with Crippen LogP contribution in [-0.2, 0) is 22.6 Å². The number of carbonyl (C=O) groups excluding carboxylic acids is 1. The van der Waals surface area contributed by atoms with Gasteiger partial charge < -0.3 is 9.47 Å². The lowest BCUT2D eigenvalue weighted by atomic mass is 10.1. The van der Waals surface area contributed by atoms with Gasteiger partial charge in [-0.15, -0.1) is 0 Å². The van der Waals surface area contributed by atoms with Gasteiger partial charge in [-0.25, -0.2) is 0 Å². The average Bonchev–Trinajstić information content (AvgIpc) is 2.99. The molecule has 1 heterocycles. The Hall–Kier alpha value is -2.34. The van der Waals surface area contributed by atoms with Crippen LogP contribution in [0.3, 0.4) is 0 Å². The SMILES string of the molecule is COC(=O)Cc1cccc(C)c1OCc1nn(C(C)C)c2ccc(Br)cc12. The molecule has 0 aliphatic heterocycles. The van der Waals surface area contributed by atoms with E-state index in [1.54, 1.807) is 0 Å². The molecule has 0 unspecified atom stereocenters. The quantitative estimate of drug-likeness (QED) is 0.517. The van der Waals surface area contributed by atoms with Crippen LogP contribution >= 0.6 is 15.9 Å². The lowest BCUT2D eigenvalue weighted by molar-refractivity contribution is -0.139. The van der Waals surface area contributed by atoms with Crippen LogP contribution < -0.4 is 4.74 Å². The number of aromatic nitrogens is 2. The van der Waals surface area contributed by atoms with Gasteiger partial charge >= 0.3 is 5.97 Å². The summed E-state index contributed by atoms with van der Waals surface area (Å²) >= 11 is 3.54. The Balaban J connectivity index is 1.94. The summed E-state index contributed by atoms with van der Waals surface area (Å²) in [5.41, 5.74) is 3.74. The van der Waals surface area contributed by atoms with E-state index in [1.165, 1.54) is 7.11 Å². The third kappa shape index (κ3) is 4.16. The molecule has 1 aromatic heterocycles. The monoisotopic (exact) mass is 430 g/mol. The Morgan fingerprint density at radius 2 is 2.04 bits per heavy atom. The first kappa shape index (κ1) is 19.4. The summed E-state index contributed by atoms with van der Waals surface area (Å²) in [6, 6.07) is 12.2. The Labute approximate surface area is 167 Å². The van der Waals surface area contributed by atoms with Crippen LogP contribution in [-0.4, -0.2) is 22.9 Å². The largest absolute Gasteiger partial charge is 0.487 e. The number of rotatable bonds is 6. The number of fused-ring (bicyclic) bond motifs is 1. The first-order valence-corrected chi connectivity index (χ1v) is 9.64. The maximum absolute atomic E-state index is 11.7. The van der Waals surface area contributed by atoms with E-state index in [0.717, 1.165) is 32.2 Å². The van der Waals surface area contributed by atoms with Gasteiger partial charge in [0, 0.05) is 21.5 Å². The molecule has 0 N–H and O–H groups in total. The molecule has 0 spiro atoms. The lowest BCUT2D eigenvalue weighted by Crippen LogP contribution is -2.08. The van der Waals surface area contributed by atoms with Crippen LogP contribution in [0.4, 0.5) is 0 Å². The Morgan fingerprint density at radius 1 is 1.26 bits per heavy atom. The molecule has 27 heavy (non-hydrogen) atoms. The Kier molecular flexibility index (Phi) is 5.85. The molecule has 0 aliphatic rings. The Bertz CT molecular complexity index is 979. The highest BCUT2D eigenvalue weighted by Crippen LogP contribution is 2.29. The fourth-order valence-electron chi connectivity index (χ4n) is 3.10. The summed E-state index contributed by atoms with van der Waals surface area (Å²) in [5.74, 6) is 0.425. The molecule has 0 bridgehead atoms. The first-order chi connectivity index (χ1) is 12.9. The van der Waals surface area contributed by atoms with Gasteiger partial charge in [0.2, 0.25) is 0 Å². The number of esters is 1. The van der Waals surface area contributed by atoms with Gasteiger partial charge in [0.05, 0.1) is 19.0 Å². The number of aryl methyl sites for hydroxylation is 1. The zero-order chi connectivity index (χ0) is 19.6. The van der Waals surface area contributed by atoms with Gasteiger partial charge in [-0.05, 0) is 44.5 Å². The van der Waals surface area contributed by atoms with E-state index in [4.69, 9.17) is 14.6 Å². The number of methoxy groups -OCH3 is 1. The molecular weight excluding hydrogens is 408 g/mol. The molecule has 3 aromatic rings. The summed E-state index contributed by atoms with van der Waals surface area (Å²) in [6.45, 7) is 6.51. The number of halogens is 1. The number of hydrogen-bond acceptors (Lipinski definition) is 4. The van der Waals surface area contributed by atoms with E-state index >= 15 is 0 Å². The molecule has 142 valence electrons. The van der Waals surface area contributed by atoms with Gasteiger partial charge in [0.1, 0.15) is 18.1 Å². The minimum Gasteiger partial charge on any atom is -0.487 e. The van der Waals surface area contributed by atoms with Crippen LogP contribution in [0.5, 0.6) is 5.75 Å². The maximum Gasteiger partial charge on any atom is 0.310 e. The molecule has 3 rings (SSSR count). The number of benzene rings is 2. The van der Waals surface area contributed by atoms with Crippen LogP contribution in [0.2, 0.25) is 0 Å². The third-order valence-corrected chi connectivity index (χ3v) is 4.94. The zero-order valence-corrected chi connectivity index (χ0v) is 17.5. The maximum atomic E-state index is 11.7. The molecule has 0 fully saturated rings. The lowest BCUT2D eigenvalue weighted by Gasteiger charge is -2.13. The van der Waals surface area contributed by atoms with Crippen LogP contribution in [0.1, 0.15) is 36.7 Å². The van der Waals surface area contributed by atoms with Crippen molar-refractivity contribution in [2.45, 2.75) is 39.8 Å². The molecule has 0 radical (unpaired) electrons. The predicted molar refractivity (Wildman–Crippen MR) is 109 cm³/mol. The van der Waals surface area contributed by atoms with E-state index in [-0.39, 0.29) is 18.4 Å². The van der Waals surface area contributed by atoms with E-state index in [2.05, 4.69) is 41.9 Å². The Morgan fingerprint density at radius 3 is 2.74 bits per heavy atom. The van der Waals surface area contributed by atoms with Crippen molar-refractivity contribution in [2.75, 3.05) is 7.11 Å². The third-order valence-electron chi connectivity index (χ3n) is 4.44. The molecular formula is C21H23BrN2O3. The van der Waals surface area contributed by atoms with Gasteiger partial charge in [-0.3, -0.25) is 9.48 Å². The number of ether oxygens (including phenoxy) is 2. The van der Waals surface area contributed by atoms with Gasteiger partial charge in [0.15, 0.2) is 0 Å². The summed E-state index contributed by atoms with van der Waals surface area (Å²) in [6.07, 6.45) is 0.181.